The normalized spacial score (nSPS) is 20.9. The van der Waals surface area contributed by atoms with Crippen LogP contribution in [0.2, 0.25) is 0 Å². The van der Waals surface area contributed by atoms with E-state index in [2.05, 4.69) is 57.7 Å². The highest BCUT2D eigenvalue weighted by molar-refractivity contribution is 5.79. The van der Waals surface area contributed by atoms with Crippen LogP contribution < -0.4 is 15.4 Å². The standard InChI is InChI=1S/C23H39N5O2/c1-24-22(26-18-23(27(2)3)10-14-30-15-11-23)25-17-21(28-12-5-6-13-28)19-8-7-9-20(16-19)29-4/h7-9,16,21H,5-6,10-15,17-18H2,1-4H3,(H2,24,25,26). The van der Waals surface area contributed by atoms with Crippen molar-refractivity contribution in [2.24, 2.45) is 4.99 Å². The number of nitrogens with one attached hydrogen (secondary N) is 2. The number of guanidine groups is 1. The van der Waals surface area contributed by atoms with Crippen LogP contribution in [0.25, 0.3) is 0 Å². The zero-order chi connectivity index (χ0) is 21.4. The Morgan fingerprint density at radius 1 is 1.23 bits per heavy atom. The molecule has 2 saturated heterocycles. The number of benzene rings is 1. The Labute approximate surface area is 181 Å². The van der Waals surface area contributed by atoms with Gasteiger partial charge in [0.2, 0.25) is 0 Å². The van der Waals surface area contributed by atoms with E-state index >= 15 is 0 Å². The van der Waals surface area contributed by atoms with E-state index in [1.54, 1.807) is 7.11 Å². The SMILES string of the molecule is CN=C(NCC(c1cccc(OC)c1)N1CCCC1)NCC1(N(C)C)CCOCC1. The average molecular weight is 418 g/mol. The Morgan fingerprint density at radius 2 is 1.97 bits per heavy atom. The maximum atomic E-state index is 5.60. The molecule has 1 aromatic carbocycles. The smallest absolute Gasteiger partial charge is 0.191 e. The molecule has 2 aliphatic rings. The quantitative estimate of drug-likeness (QED) is 0.499. The number of rotatable bonds is 8. The van der Waals surface area contributed by atoms with Crippen LogP contribution in [0.4, 0.5) is 0 Å². The maximum absolute atomic E-state index is 5.60. The number of aliphatic imine (C=N–C) groups is 1. The van der Waals surface area contributed by atoms with Crippen LogP contribution in [0.15, 0.2) is 29.3 Å². The third-order valence-electron chi connectivity index (χ3n) is 6.70. The van der Waals surface area contributed by atoms with Gasteiger partial charge >= 0.3 is 0 Å². The molecule has 2 N–H and O–H groups in total. The van der Waals surface area contributed by atoms with Crippen LogP contribution in [0.1, 0.15) is 37.3 Å². The molecule has 168 valence electrons. The number of methoxy groups -OCH3 is 1. The third kappa shape index (κ3) is 5.65. The lowest BCUT2D eigenvalue weighted by molar-refractivity contribution is -0.00502. The summed E-state index contributed by atoms with van der Waals surface area (Å²) < 4.78 is 11.1. The van der Waals surface area contributed by atoms with Crippen molar-refractivity contribution >= 4 is 5.96 Å². The number of likely N-dealkylation sites (tertiary alicyclic amines) is 1. The van der Waals surface area contributed by atoms with Crippen LogP contribution >= 0.6 is 0 Å². The van der Waals surface area contributed by atoms with Crippen LogP contribution in [-0.4, -0.2) is 88.9 Å². The van der Waals surface area contributed by atoms with Gasteiger partial charge in [-0.05, 0) is 70.6 Å². The Kier molecular flexibility index (Phi) is 8.36. The van der Waals surface area contributed by atoms with Crippen LogP contribution in [0.3, 0.4) is 0 Å². The highest BCUT2D eigenvalue weighted by atomic mass is 16.5. The van der Waals surface area contributed by atoms with E-state index in [4.69, 9.17) is 9.47 Å². The molecule has 7 nitrogen and oxygen atoms in total. The molecular formula is C23H39N5O2. The van der Waals surface area contributed by atoms with Crippen LogP contribution in [-0.2, 0) is 4.74 Å². The number of hydrogen-bond donors (Lipinski definition) is 2. The predicted molar refractivity (Wildman–Crippen MR) is 122 cm³/mol. The van der Waals surface area contributed by atoms with Crippen molar-refractivity contribution in [1.82, 2.24) is 20.4 Å². The maximum Gasteiger partial charge on any atom is 0.191 e. The van der Waals surface area contributed by atoms with E-state index in [-0.39, 0.29) is 5.54 Å². The van der Waals surface area contributed by atoms with E-state index in [0.717, 1.165) is 63.9 Å². The van der Waals surface area contributed by atoms with E-state index in [1.165, 1.54) is 18.4 Å². The van der Waals surface area contributed by atoms with Gasteiger partial charge in [-0.2, -0.15) is 0 Å². The van der Waals surface area contributed by atoms with Crippen molar-refractivity contribution in [2.45, 2.75) is 37.3 Å². The molecule has 0 saturated carbocycles. The molecule has 0 amide bonds. The van der Waals surface area contributed by atoms with Gasteiger partial charge in [0.25, 0.3) is 0 Å². The first kappa shape index (κ1) is 22.8. The molecule has 3 rings (SSSR count). The average Bonchev–Trinajstić information content (AvgIpc) is 3.31. The molecule has 1 aromatic rings. The Morgan fingerprint density at radius 3 is 2.60 bits per heavy atom. The molecule has 1 unspecified atom stereocenters. The lowest BCUT2D eigenvalue weighted by Gasteiger charge is -2.43. The van der Waals surface area contributed by atoms with E-state index in [0.29, 0.717) is 6.04 Å². The van der Waals surface area contributed by atoms with Gasteiger partial charge in [-0.15, -0.1) is 0 Å². The van der Waals surface area contributed by atoms with Gasteiger partial charge in [0.15, 0.2) is 5.96 Å². The van der Waals surface area contributed by atoms with Gasteiger partial charge in [0.1, 0.15) is 5.75 Å². The highest BCUT2D eigenvalue weighted by Gasteiger charge is 2.35. The van der Waals surface area contributed by atoms with E-state index in [1.807, 2.05) is 13.1 Å². The monoisotopic (exact) mass is 417 g/mol. The van der Waals surface area contributed by atoms with Gasteiger partial charge in [-0.25, -0.2) is 0 Å². The summed E-state index contributed by atoms with van der Waals surface area (Å²) in [5.41, 5.74) is 1.39. The lowest BCUT2D eigenvalue weighted by atomic mass is 9.88. The molecular weight excluding hydrogens is 378 g/mol. The Hall–Kier alpha value is -1.83. The second-order valence-electron chi connectivity index (χ2n) is 8.57. The summed E-state index contributed by atoms with van der Waals surface area (Å²) in [4.78, 5) is 9.39. The summed E-state index contributed by atoms with van der Waals surface area (Å²) in [6.07, 6.45) is 4.59. The number of ether oxygens (including phenoxy) is 2. The number of hydrogen-bond acceptors (Lipinski definition) is 5. The lowest BCUT2D eigenvalue weighted by Crippen LogP contribution is -2.57. The van der Waals surface area contributed by atoms with Gasteiger partial charge in [0, 0.05) is 38.9 Å². The van der Waals surface area contributed by atoms with Gasteiger partial charge in [0.05, 0.1) is 13.2 Å². The summed E-state index contributed by atoms with van der Waals surface area (Å²) in [5.74, 6) is 1.77. The Bertz CT molecular complexity index is 682. The van der Waals surface area contributed by atoms with Crippen molar-refractivity contribution in [3.63, 3.8) is 0 Å². The van der Waals surface area contributed by atoms with E-state index in [9.17, 15) is 0 Å². The predicted octanol–water partition coefficient (Wildman–Crippen LogP) is 2.11. The van der Waals surface area contributed by atoms with Gasteiger partial charge in [-0.1, -0.05) is 12.1 Å². The van der Waals surface area contributed by atoms with E-state index < -0.39 is 0 Å². The van der Waals surface area contributed by atoms with Gasteiger partial charge in [-0.3, -0.25) is 9.89 Å². The minimum atomic E-state index is 0.108. The topological polar surface area (TPSA) is 61.4 Å². The summed E-state index contributed by atoms with van der Waals surface area (Å²) in [5, 5.41) is 7.16. The summed E-state index contributed by atoms with van der Waals surface area (Å²) in [7, 11) is 7.90. The molecule has 0 aliphatic carbocycles. The molecule has 0 aromatic heterocycles. The van der Waals surface area contributed by atoms with Crippen molar-refractivity contribution in [3.05, 3.63) is 29.8 Å². The van der Waals surface area contributed by atoms with Crippen molar-refractivity contribution < 1.29 is 9.47 Å². The molecule has 0 bridgehead atoms. The minimum Gasteiger partial charge on any atom is -0.497 e. The second-order valence-corrected chi connectivity index (χ2v) is 8.57. The largest absolute Gasteiger partial charge is 0.497 e. The molecule has 7 heteroatoms. The van der Waals surface area contributed by atoms with Crippen molar-refractivity contribution in [2.75, 3.05) is 67.6 Å². The molecule has 0 spiro atoms. The zero-order valence-corrected chi connectivity index (χ0v) is 19.1. The summed E-state index contributed by atoms with van der Waals surface area (Å²) >= 11 is 0. The highest BCUT2D eigenvalue weighted by Crippen LogP contribution is 2.27. The van der Waals surface area contributed by atoms with Crippen molar-refractivity contribution in [1.29, 1.82) is 0 Å². The van der Waals surface area contributed by atoms with Crippen LogP contribution in [0.5, 0.6) is 5.75 Å². The molecule has 0 radical (unpaired) electrons. The minimum absolute atomic E-state index is 0.108. The fourth-order valence-electron chi connectivity index (χ4n) is 4.56. The second kappa shape index (κ2) is 11.0. The van der Waals surface area contributed by atoms with Crippen molar-refractivity contribution in [3.8, 4) is 5.75 Å². The molecule has 2 heterocycles. The first-order valence-corrected chi connectivity index (χ1v) is 11.2. The third-order valence-corrected chi connectivity index (χ3v) is 6.70. The van der Waals surface area contributed by atoms with Gasteiger partial charge < -0.3 is 25.0 Å². The zero-order valence-electron chi connectivity index (χ0n) is 19.1. The molecule has 30 heavy (non-hydrogen) atoms. The number of likely N-dealkylation sites (N-methyl/N-ethyl adjacent to an activating group) is 1. The summed E-state index contributed by atoms with van der Waals surface area (Å²) in [6, 6.07) is 8.74. The first-order valence-electron chi connectivity index (χ1n) is 11.2. The fourth-order valence-corrected chi connectivity index (χ4v) is 4.56. The fraction of sp³-hybridized carbons (Fsp3) is 0.696. The molecule has 1 atom stereocenters. The number of nitrogens with zero attached hydrogens (tertiary/aromatic N) is 3. The molecule has 2 fully saturated rings. The molecule has 2 aliphatic heterocycles. The summed E-state index contributed by atoms with van der Waals surface area (Å²) in [6.45, 7) is 5.58. The first-order chi connectivity index (χ1) is 14.6. The Balaban J connectivity index is 1.64. The van der Waals surface area contributed by atoms with Crippen LogP contribution in [0, 0.1) is 0 Å².